The number of nitrogens with zero attached hydrogens (tertiary/aromatic N) is 4. The molecule has 0 bridgehead atoms. The fourth-order valence-electron chi connectivity index (χ4n) is 3.10. The third-order valence-electron chi connectivity index (χ3n) is 4.17. The zero-order valence-corrected chi connectivity index (χ0v) is 15.3. The first kappa shape index (κ1) is 18.3. The van der Waals surface area contributed by atoms with Crippen LogP contribution in [0.25, 0.3) is 5.70 Å². The Hall–Kier alpha value is -2.53. The molecule has 0 spiro atoms. The number of hydrogen-bond donors (Lipinski definition) is 2. The Morgan fingerprint density at radius 3 is 3.04 bits per heavy atom. The third-order valence-corrected chi connectivity index (χ3v) is 5.18. The maximum atomic E-state index is 12.5. The van der Waals surface area contributed by atoms with E-state index in [0.717, 1.165) is 11.3 Å². The van der Waals surface area contributed by atoms with Gasteiger partial charge in [0.05, 0.1) is 16.7 Å². The minimum absolute atomic E-state index is 0.150. The van der Waals surface area contributed by atoms with Gasteiger partial charge in [-0.25, -0.2) is 0 Å². The number of ether oxygens (including phenoxy) is 2. The van der Waals surface area contributed by atoms with Crippen molar-refractivity contribution in [1.29, 1.82) is 0 Å². The van der Waals surface area contributed by atoms with Gasteiger partial charge in [-0.2, -0.15) is 4.99 Å². The predicted octanol–water partition coefficient (Wildman–Crippen LogP) is 1.82. The van der Waals surface area contributed by atoms with Crippen LogP contribution in [0.2, 0.25) is 0 Å². The highest BCUT2D eigenvalue weighted by molar-refractivity contribution is 7.11. The number of rotatable bonds is 4. The Kier molecular flexibility index (Phi) is 5.18. The number of fused-ring (bicyclic) bond motifs is 1. The lowest BCUT2D eigenvalue weighted by Gasteiger charge is -2.23. The second-order valence-corrected chi connectivity index (χ2v) is 6.87. The van der Waals surface area contributed by atoms with Crippen molar-refractivity contribution in [2.45, 2.75) is 51.5 Å². The van der Waals surface area contributed by atoms with Crippen LogP contribution in [0, 0.1) is 0 Å². The summed E-state index contributed by atoms with van der Waals surface area (Å²) in [5.41, 5.74) is 0.499. The fourth-order valence-corrected chi connectivity index (χ4v) is 3.99. The molecule has 11 heteroatoms. The summed E-state index contributed by atoms with van der Waals surface area (Å²) >= 11 is 1.03. The van der Waals surface area contributed by atoms with Crippen LogP contribution in [0.1, 0.15) is 44.2 Å². The van der Waals surface area contributed by atoms with Crippen molar-refractivity contribution in [1.82, 2.24) is 9.88 Å². The van der Waals surface area contributed by atoms with Crippen molar-refractivity contribution in [3.05, 3.63) is 21.1 Å². The molecule has 10 nitrogen and oxygen atoms in total. The van der Waals surface area contributed by atoms with Crippen LogP contribution in [0.3, 0.4) is 0 Å². The number of guanidine groups is 1. The molecule has 0 saturated carbocycles. The summed E-state index contributed by atoms with van der Waals surface area (Å²) in [4.78, 5) is 28.5. The predicted molar refractivity (Wildman–Crippen MR) is 95.9 cm³/mol. The van der Waals surface area contributed by atoms with Gasteiger partial charge in [-0.15, -0.1) is 0 Å². The minimum atomic E-state index is -0.497. The number of carbonyl (C=O) groups excluding carboxylic acids is 1. The van der Waals surface area contributed by atoms with Gasteiger partial charge >= 0.3 is 10.8 Å². The highest BCUT2D eigenvalue weighted by Gasteiger charge is 2.36. The van der Waals surface area contributed by atoms with E-state index in [4.69, 9.17) is 15.3 Å². The van der Waals surface area contributed by atoms with E-state index in [1.165, 1.54) is 11.5 Å². The third kappa shape index (κ3) is 3.40. The maximum Gasteiger partial charge on any atom is 0.311 e. The Labute approximate surface area is 153 Å². The molecule has 2 aliphatic heterocycles. The number of hydrogen-bond acceptors (Lipinski definition) is 9. The quantitative estimate of drug-likeness (QED) is 0.354. The van der Waals surface area contributed by atoms with Crippen molar-refractivity contribution in [2.75, 3.05) is 0 Å². The summed E-state index contributed by atoms with van der Waals surface area (Å²) in [6, 6.07) is 0. The number of carbonyl (C=O) groups is 1. The molecule has 3 atom stereocenters. The summed E-state index contributed by atoms with van der Waals surface area (Å²) < 4.78 is 12.8. The summed E-state index contributed by atoms with van der Waals surface area (Å²) in [6.07, 6.45) is 0.800. The minimum Gasteiger partial charge on any atom is -0.460 e. The largest absolute Gasteiger partial charge is 0.460 e. The van der Waals surface area contributed by atoms with Crippen molar-refractivity contribution in [3.63, 3.8) is 0 Å². The molecule has 2 aliphatic rings. The average molecular weight is 380 g/mol. The number of aliphatic imine (C=N–C) groups is 1. The molecule has 0 aromatic carbocycles. The van der Waals surface area contributed by atoms with Crippen molar-refractivity contribution < 1.29 is 14.3 Å². The topological polar surface area (TPSA) is 133 Å². The number of thiazole rings is 1. The summed E-state index contributed by atoms with van der Waals surface area (Å²) in [5, 5.41) is 9.71. The van der Waals surface area contributed by atoms with E-state index in [1.54, 1.807) is 0 Å². The van der Waals surface area contributed by atoms with E-state index in [0.29, 0.717) is 35.7 Å². The highest BCUT2D eigenvalue weighted by atomic mass is 32.1. The second kappa shape index (κ2) is 7.38. The van der Waals surface area contributed by atoms with Gasteiger partial charge in [-0.05, 0) is 19.3 Å². The molecule has 140 valence electrons. The molecule has 3 heterocycles. The van der Waals surface area contributed by atoms with E-state index >= 15 is 0 Å². The monoisotopic (exact) mass is 380 g/mol. The van der Waals surface area contributed by atoms with Crippen LogP contribution in [-0.2, 0) is 14.3 Å². The summed E-state index contributed by atoms with van der Waals surface area (Å²) in [7, 11) is 0. The molecule has 0 aliphatic carbocycles. The molecule has 3 rings (SSSR count). The molecule has 26 heavy (non-hydrogen) atoms. The smallest absolute Gasteiger partial charge is 0.311 e. The Morgan fingerprint density at radius 1 is 1.62 bits per heavy atom. The average Bonchev–Trinajstić information content (AvgIpc) is 3.17. The number of aromatic nitrogens is 1. The number of esters is 1. The Balaban J connectivity index is 1.89. The lowest BCUT2D eigenvalue weighted by Crippen LogP contribution is -2.31. The van der Waals surface area contributed by atoms with Gasteiger partial charge in [0.15, 0.2) is 5.82 Å². The van der Waals surface area contributed by atoms with Gasteiger partial charge in [-0.3, -0.25) is 14.2 Å². The second-order valence-electron chi connectivity index (χ2n) is 5.91. The molecule has 3 N–H and O–H groups in total. The normalized spacial score (nSPS) is 23.5. The van der Waals surface area contributed by atoms with Gasteiger partial charge in [0, 0.05) is 6.92 Å². The number of nitrogens with two attached hydrogens (primary N) is 1. The van der Waals surface area contributed by atoms with Crippen molar-refractivity contribution >= 4 is 34.8 Å². The van der Waals surface area contributed by atoms with Gasteiger partial charge in [-0.1, -0.05) is 35.2 Å². The molecule has 1 fully saturated rings. The molecule has 0 radical (unpaired) electrons. The lowest BCUT2D eigenvalue weighted by molar-refractivity contribution is -0.156. The van der Waals surface area contributed by atoms with Crippen LogP contribution in [0.15, 0.2) is 26.7 Å². The molecule has 0 amide bonds. The first-order chi connectivity index (χ1) is 12.4. The van der Waals surface area contributed by atoms with E-state index in [-0.39, 0.29) is 29.0 Å². The first-order valence-corrected chi connectivity index (χ1v) is 9.00. The molecule has 1 aromatic heterocycles. The zero-order valence-electron chi connectivity index (χ0n) is 14.5. The summed E-state index contributed by atoms with van der Waals surface area (Å²) in [5.74, 6) is 5.29. The Bertz CT molecular complexity index is 842. The van der Waals surface area contributed by atoms with Gasteiger partial charge in [0.25, 0.3) is 5.96 Å². The van der Waals surface area contributed by atoms with Gasteiger partial charge in [0.2, 0.25) is 0 Å². The molecular formula is C15H20N6O4S. The summed E-state index contributed by atoms with van der Waals surface area (Å²) in [6.45, 7) is 7.18. The standard InChI is InChI=1S/C15H20N6O4S/c1-4-9(24-8(3)22)10-5-6-11(25-10)21-13-12(26-15(21)23)7(2)17-14(18-13)19-20-16/h9-11H,2,4-6H2,1,3H3,(H3,16,17,18,19)/t9?,10-,11+/m0/s1. The van der Waals surface area contributed by atoms with E-state index in [9.17, 15) is 9.59 Å². The van der Waals surface area contributed by atoms with E-state index < -0.39 is 6.23 Å². The molecule has 1 saturated heterocycles. The Morgan fingerprint density at radius 2 is 2.38 bits per heavy atom. The zero-order chi connectivity index (χ0) is 18.8. The van der Waals surface area contributed by atoms with Crippen LogP contribution >= 0.6 is 11.3 Å². The maximum absolute atomic E-state index is 12.5. The van der Waals surface area contributed by atoms with Crippen molar-refractivity contribution in [2.24, 2.45) is 21.2 Å². The fraction of sp³-hybridized carbons (Fsp3) is 0.533. The highest BCUT2D eigenvalue weighted by Crippen LogP contribution is 2.38. The van der Waals surface area contributed by atoms with E-state index in [2.05, 4.69) is 27.2 Å². The van der Waals surface area contributed by atoms with Gasteiger partial charge < -0.3 is 20.6 Å². The number of nitrogens with one attached hydrogen (secondary N) is 1. The van der Waals surface area contributed by atoms with Crippen LogP contribution in [0.4, 0.5) is 5.82 Å². The van der Waals surface area contributed by atoms with Gasteiger partial charge in [0.1, 0.15) is 12.3 Å². The van der Waals surface area contributed by atoms with Crippen LogP contribution in [0.5, 0.6) is 0 Å². The SMILES string of the molecule is C=C1NC(N=NN)=Nc2c1sc(=O)n2[C@H]1CC[C@@H](C(CC)OC(C)=O)O1. The first-order valence-electron chi connectivity index (χ1n) is 8.18. The molecular weight excluding hydrogens is 360 g/mol. The molecule has 1 aromatic rings. The van der Waals surface area contributed by atoms with Crippen LogP contribution < -0.4 is 16.0 Å². The van der Waals surface area contributed by atoms with Crippen molar-refractivity contribution in [3.8, 4) is 0 Å². The van der Waals surface area contributed by atoms with E-state index in [1.807, 2.05) is 6.92 Å². The lowest BCUT2D eigenvalue weighted by atomic mass is 10.1. The van der Waals surface area contributed by atoms with Crippen LogP contribution in [-0.4, -0.2) is 28.7 Å². The molecule has 1 unspecified atom stereocenters.